The monoisotopic (exact) mass is 503 g/mol. The number of ether oxygens (including phenoxy) is 1. The van der Waals surface area contributed by atoms with Crippen LogP contribution in [-0.4, -0.2) is 61.9 Å². The Balaban J connectivity index is 1.41. The number of hydrogen-bond donors (Lipinski definition) is 2. The summed E-state index contributed by atoms with van der Waals surface area (Å²) in [4.78, 5) is 35.7. The summed E-state index contributed by atoms with van der Waals surface area (Å²) in [5, 5.41) is 7.17. The van der Waals surface area contributed by atoms with E-state index in [-0.39, 0.29) is 11.9 Å². The molecule has 4 heterocycles. The maximum atomic E-state index is 12.8. The number of anilines is 1. The zero-order valence-electron chi connectivity index (χ0n) is 21.1. The van der Waals surface area contributed by atoms with Crippen molar-refractivity contribution in [2.75, 3.05) is 19.3 Å². The van der Waals surface area contributed by atoms with Gasteiger partial charge in [0.1, 0.15) is 23.0 Å². The highest BCUT2D eigenvalue weighted by atomic mass is 16.6. The Morgan fingerprint density at radius 1 is 1.19 bits per heavy atom. The van der Waals surface area contributed by atoms with E-state index in [0.29, 0.717) is 35.8 Å². The van der Waals surface area contributed by atoms with Gasteiger partial charge in [0.15, 0.2) is 5.58 Å². The number of carbonyl (C=O) groups is 2. The Hall–Kier alpha value is -4.41. The molecule has 5 rings (SSSR count). The number of oxazole rings is 1. The van der Waals surface area contributed by atoms with Crippen molar-refractivity contribution in [3.8, 4) is 22.6 Å². The van der Waals surface area contributed by atoms with E-state index in [1.54, 1.807) is 44.9 Å². The first-order valence-corrected chi connectivity index (χ1v) is 12.0. The zero-order valence-corrected chi connectivity index (χ0v) is 21.1. The lowest BCUT2D eigenvalue weighted by molar-refractivity contribution is -0.125. The number of fused-ring (bicyclic) bond motifs is 1. The molecule has 1 fully saturated rings. The van der Waals surface area contributed by atoms with Gasteiger partial charge >= 0.3 is 6.09 Å². The van der Waals surface area contributed by atoms with E-state index in [4.69, 9.17) is 14.9 Å². The third kappa shape index (κ3) is 4.84. The molecule has 1 aliphatic rings. The number of nitrogens with one attached hydrogen (secondary N) is 1. The van der Waals surface area contributed by atoms with Gasteiger partial charge in [-0.15, -0.1) is 0 Å². The fourth-order valence-corrected chi connectivity index (χ4v) is 4.42. The second kappa shape index (κ2) is 9.23. The van der Waals surface area contributed by atoms with Gasteiger partial charge in [0.05, 0.1) is 17.8 Å². The van der Waals surface area contributed by atoms with E-state index in [0.717, 1.165) is 16.6 Å². The van der Waals surface area contributed by atoms with Crippen molar-refractivity contribution in [3.05, 3.63) is 48.9 Å². The molecule has 37 heavy (non-hydrogen) atoms. The molecular formula is C26H29N7O4. The fraction of sp³-hybridized carbons (Fsp3) is 0.346. The van der Waals surface area contributed by atoms with Gasteiger partial charge in [-0.25, -0.2) is 14.8 Å². The molecular weight excluding hydrogens is 474 g/mol. The third-order valence-electron chi connectivity index (χ3n) is 6.21. The molecule has 0 unspecified atom stereocenters. The van der Waals surface area contributed by atoms with E-state index in [1.165, 1.54) is 4.90 Å². The summed E-state index contributed by atoms with van der Waals surface area (Å²) in [7, 11) is 1.55. The number of nitrogen functional groups attached to an aromatic ring is 1. The maximum absolute atomic E-state index is 12.8. The molecule has 2 amide bonds. The van der Waals surface area contributed by atoms with Crippen molar-refractivity contribution in [3.63, 3.8) is 0 Å². The smallest absolute Gasteiger partial charge is 0.411 e. The third-order valence-corrected chi connectivity index (χ3v) is 6.21. The number of aromatic nitrogens is 4. The van der Waals surface area contributed by atoms with Gasteiger partial charge < -0.3 is 20.2 Å². The fourth-order valence-electron chi connectivity index (χ4n) is 4.42. The molecule has 4 aromatic rings. The van der Waals surface area contributed by atoms with Crippen LogP contribution in [-0.2, 0) is 9.53 Å². The lowest BCUT2D eigenvalue weighted by Crippen LogP contribution is -2.46. The molecule has 11 nitrogen and oxygen atoms in total. The number of amides is 2. The highest BCUT2D eigenvalue weighted by Crippen LogP contribution is 2.33. The average Bonchev–Trinajstić information content (AvgIpc) is 3.60. The van der Waals surface area contributed by atoms with Crippen LogP contribution >= 0.6 is 0 Å². The Labute approximate surface area is 213 Å². The minimum Gasteiger partial charge on any atom is -0.444 e. The van der Waals surface area contributed by atoms with Gasteiger partial charge in [0, 0.05) is 43.5 Å². The highest BCUT2D eigenvalue weighted by Gasteiger charge is 2.42. The van der Waals surface area contributed by atoms with Crippen molar-refractivity contribution in [1.29, 1.82) is 0 Å². The molecule has 1 aromatic carbocycles. The number of rotatable bonds is 4. The van der Waals surface area contributed by atoms with Crippen LogP contribution in [0.1, 0.15) is 33.2 Å². The number of likely N-dealkylation sites (N-methyl/N-ethyl adjacent to an activating group) is 1. The maximum Gasteiger partial charge on any atom is 0.411 e. The van der Waals surface area contributed by atoms with E-state index in [9.17, 15) is 9.59 Å². The predicted molar refractivity (Wildman–Crippen MR) is 137 cm³/mol. The molecule has 3 N–H and O–H groups in total. The van der Waals surface area contributed by atoms with Crippen LogP contribution in [0.5, 0.6) is 0 Å². The van der Waals surface area contributed by atoms with E-state index in [1.807, 2.05) is 36.5 Å². The molecule has 1 aliphatic heterocycles. The number of hydrogen-bond acceptors (Lipinski definition) is 8. The van der Waals surface area contributed by atoms with Crippen LogP contribution < -0.4 is 11.1 Å². The summed E-state index contributed by atoms with van der Waals surface area (Å²) in [6.07, 6.45) is 5.13. The molecule has 0 radical (unpaired) electrons. The SMILES string of the molecule is CNC(=O)[C@@H]1C[C@@H](n2cc(-c3cnc(N)c(-c4nc5ccccc5o4)c3)cn2)CN1C(=O)OC(C)(C)C. The molecule has 0 aliphatic carbocycles. The standard InChI is InChI=1S/C26H29N7O4/c1-26(2,3)37-25(35)32-14-17(10-20(32)23(34)28-4)33-13-16(12-30-33)15-9-18(22(27)29-11-15)24-31-19-7-5-6-8-21(19)36-24/h5-9,11-13,17,20H,10,14H2,1-4H3,(H2,27,29)(H,28,34)/t17-,20+/m1/s1. The van der Waals surface area contributed by atoms with Crippen LogP contribution in [0.25, 0.3) is 33.7 Å². The molecule has 0 saturated carbocycles. The van der Waals surface area contributed by atoms with Crippen LogP contribution in [0.15, 0.2) is 53.3 Å². The lowest BCUT2D eigenvalue weighted by atomic mass is 10.1. The van der Waals surface area contributed by atoms with Crippen molar-refractivity contribution in [1.82, 2.24) is 30.0 Å². The molecule has 192 valence electrons. The van der Waals surface area contributed by atoms with Gasteiger partial charge in [-0.2, -0.15) is 5.10 Å². The molecule has 2 atom stereocenters. The molecule has 3 aromatic heterocycles. The largest absolute Gasteiger partial charge is 0.444 e. The highest BCUT2D eigenvalue weighted by molar-refractivity contribution is 5.86. The van der Waals surface area contributed by atoms with Gasteiger partial charge in [-0.3, -0.25) is 14.4 Å². The van der Waals surface area contributed by atoms with Crippen molar-refractivity contribution >= 4 is 28.9 Å². The summed E-state index contributed by atoms with van der Waals surface area (Å²) in [6.45, 7) is 5.68. The number of benzene rings is 1. The Morgan fingerprint density at radius 2 is 1.97 bits per heavy atom. The second-order valence-corrected chi connectivity index (χ2v) is 10.0. The lowest BCUT2D eigenvalue weighted by Gasteiger charge is -2.27. The molecule has 1 saturated heterocycles. The van der Waals surface area contributed by atoms with Crippen LogP contribution in [0.3, 0.4) is 0 Å². The Kier molecular flexibility index (Phi) is 6.06. The molecule has 11 heteroatoms. The summed E-state index contributed by atoms with van der Waals surface area (Å²) in [5.74, 6) is 0.448. The topological polar surface area (TPSA) is 141 Å². The van der Waals surface area contributed by atoms with Crippen LogP contribution in [0.2, 0.25) is 0 Å². The Bertz CT molecular complexity index is 1440. The summed E-state index contributed by atoms with van der Waals surface area (Å²) < 4.78 is 13.2. The average molecular weight is 504 g/mol. The van der Waals surface area contributed by atoms with Gasteiger partial charge in [0.25, 0.3) is 0 Å². The number of nitrogens with zero attached hydrogens (tertiary/aromatic N) is 5. The van der Waals surface area contributed by atoms with Crippen LogP contribution in [0, 0.1) is 0 Å². The first kappa shape index (κ1) is 24.3. The minimum atomic E-state index is -0.671. The quantitative estimate of drug-likeness (QED) is 0.430. The summed E-state index contributed by atoms with van der Waals surface area (Å²) in [6, 6.07) is 8.49. The summed E-state index contributed by atoms with van der Waals surface area (Å²) >= 11 is 0. The minimum absolute atomic E-state index is 0.207. The normalized spacial score (nSPS) is 17.8. The van der Waals surface area contributed by atoms with E-state index in [2.05, 4.69) is 20.4 Å². The van der Waals surface area contributed by atoms with Gasteiger partial charge in [-0.1, -0.05) is 12.1 Å². The number of para-hydroxylation sites is 2. The number of carbonyl (C=O) groups excluding carboxylic acids is 2. The second-order valence-electron chi connectivity index (χ2n) is 10.0. The summed E-state index contributed by atoms with van der Waals surface area (Å²) in [5.41, 5.74) is 9.04. The first-order chi connectivity index (χ1) is 17.6. The van der Waals surface area contributed by atoms with Crippen LogP contribution in [0.4, 0.5) is 10.6 Å². The van der Waals surface area contributed by atoms with E-state index < -0.39 is 17.7 Å². The van der Waals surface area contributed by atoms with Crippen molar-refractivity contribution in [2.24, 2.45) is 0 Å². The van der Waals surface area contributed by atoms with Gasteiger partial charge in [0.2, 0.25) is 11.8 Å². The number of nitrogens with two attached hydrogens (primary N) is 1. The van der Waals surface area contributed by atoms with Crippen molar-refractivity contribution in [2.45, 2.75) is 44.9 Å². The van der Waals surface area contributed by atoms with Crippen molar-refractivity contribution < 1.29 is 18.7 Å². The predicted octanol–water partition coefficient (Wildman–Crippen LogP) is 3.63. The van der Waals surface area contributed by atoms with E-state index >= 15 is 0 Å². The zero-order chi connectivity index (χ0) is 26.3. The number of pyridine rings is 1. The first-order valence-electron chi connectivity index (χ1n) is 12.0. The van der Waals surface area contributed by atoms with Gasteiger partial charge in [-0.05, 0) is 39.0 Å². The molecule has 0 bridgehead atoms. The number of likely N-dealkylation sites (tertiary alicyclic amines) is 1. The molecule has 0 spiro atoms. The Morgan fingerprint density at radius 3 is 2.70 bits per heavy atom.